The number of rotatable bonds is 10. The molecule has 0 fully saturated rings. The van der Waals surface area contributed by atoms with Gasteiger partial charge in [-0.05, 0) is 56.3 Å². The zero-order chi connectivity index (χ0) is 17.9. The minimum absolute atomic E-state index is 0.0548. The van der Waals surface area contributed by atoms with Crippen LogP contribution in [0.2, 0.25) is 0 Å². The topological polar surface area (TPSA) is 59.6 Å². The van der Waals surface area contributed by atoms with Crippen molar-refractivity contribution >= 4 is 5.91 Å². The van der Waals surface area contributed by atoms with Crippen LogP contribution < -0.4 is 20.1 Å². The zero-order valence-corrected chi connectivity index (χ0v) is 15.4. The summed E-state index contributed by atoms with van der Waals surface area (Å²) in [6.07, 6.45) is 9.10. The highest BCUT2D eigenvalue weighted by Gasteiger charge is 2.07. The summed E-state index contributed by atoms with van der Waals surface area (Å²) in [6.45, 7) is 2.16. The Balaban J connectivity index is 1.61. The van der Waals surface area contributed by atoms with E-state index in [1.54, 1.807) is 19.8 Å². The van der Waals surface area contributed by atoms with Crippen molar-refractivity contribution < 1.29 is 14.3 Å². The fraction of sp³-hybridized carbons (Fsp3) is 0.550. The molecule has 0 saturated heterocycles. The van der Waals surface area contributed by atoms with Crippen LogP contribution in [0.3, 0.4) is 0 Å². The normalized spacial score (nSPS) is 13.9. The number of methoxy groups -OCH3 is 2. The summed E-state index contributed by atoms with van der Waals surface area (Å²) in [5, 5.41) is 6.30. The van der Waals surface area contributed by atoms with Gasteiger partial charge in [-0.15, -0.1) is 0 Å². The Bertz CT molecular complexity index is 584. The lowest BCUT2D eigenvalue weighted by Gasteiger charge is -2.13. The monoisotopic (exact) mass is 346 g/mol. The van der Waals surface area contributed by atoms with E-state index in [-0.39, 0.29) is 5.91 Å². The highest BCUT2D eigenvalue weighted by molar-refractivity contribution is 5.76. The van der Waals surface area contributed by atoms with Gasteiger partial charge in [-0.2, -0.15) is 0 Å². The van der Waals surface area contributed by atoms with Crippen molar-refractivity contribution in [3.63, 3.8) is 0 Å². The first-order valence-electron chi connectivity index (χ1n) is 9.09. The Kier molecular flexibility index (Phi) is 8.32. The molecule has 1 aliphatic carbocycles. The number of nitrogens with one attached hydrogen (secondary N) is 2. The summed E-state index contributed by atoms with van der Waals surface area (Å²) in [5.74, 6) is 1.42. The van der Waals surface area contributed by atoms with E-state index in [0.29, 0.717) is 31.0 Å². The van der Waals surface area contributed by atoms with Gasteiger partial charge in [0, 0.05) is 19.5 Å². The minimum atomic E-state index is 0.0548. The van der Waals surface area contributed by atoms with Gasteiger partial charge in [0.1, 0.15) is 0 Å². The van der Waals surface area contributed by atoms with E-state index in [0.717, 1.165) is 18.5 Å². The van der Waals surface area contributed by atoms with Crippen LogP contribution in [0, 0.1) is 0 Å². The van der Waals surface area contributed by atoms with Crippen LogP contribution in [0.25, 0.3) is 0 Å². The smallest absolute Gasteiger partial charge is 0.221 e. The van der Waals surface area contributed by atoms with Gasteiger partial charge in [0.05, 0.1) is 14.2 Å². The molecule has 138 valence electrons. The third kappa shape index (κ3) is 6.78. The third-order valence-electron chi connectivity index (χ3n) is 4.47. The summed E-state index contributed by atoms with van der Waals surface area (Å²) < 4.78 is 10.5. The second-order valence-electron chi connectivity index (χ2n) is 6.32. The second-order valence-corrected chi connectivity index (χ2v) is 6.32. The first-order valence-corrected chi connectivity index (χ1v) is 9.09. The van der Waals surface area contributed by atoms with Gasteiger partial charge in [-0.3, -0.25) is 4.79 Å². The number of hydrogen-bond acceptors (Lipinski definition) is 4. The van der Waals surface area contributed by atoms with Gasteiger partial charge in [0.25, 0.3) is 0 Å². The number of amides is 1. The summed E-state index contributed by atoms with van der Waals surface area (Å²) in [4.78, 5) is 11.9. The first-order chi connectivity index (χ1) is 12.2. The number of carbonyl (C=O) groups excluding carboxylic acids is 1. The molecule has 0 radical (unpaired) electrons. The molecule has 0 saturated carbocycles. The van der Waals surface area contributed by atoms with Gasteiger partial charge in [-0.1, -0.05) is 17.7 Å². The molecule has 0 bridgehead atoms. The molecule has 0 aliphatic heterocycles. The van der Waals surface area contributed by atoms with Gasteiger partial charge in [0.2, 0.25) is 5.91 Å². The van der Waals surface area contributed by atoms with E-state index in [9.17, 15) is 4.79 Å². The van der Waals surface area contributed by atoms with E-state index < -0.39 is 0 Å². The van der Waals surface area contributed by atoms with Crippen LogP contribution in [0.15, 0.2) is 29.8 Å². The maximum absolute atomic E-state index is 11.9. The van der Waals surface area contributed by atoms with Crippen LogP contribution in [0.4, 0.5) is 0 Å². The van der Waals surface area contributed by atoms with Gasteiger partial charge >= 0.3 is 0 Å². The number of benzene rings is 1. The molecule has 0 heterocycles. The lowest BCUT2D eigenvalue weighted by molar-refractivity contribution is -0.121. The zero-order valence-electron chi connectivity index (χ0n) is 15.4. The van der Waals surface area contributed by atoms with E-state index >= 15 is 0 Å². The van der Waals surface area contributed by atoms with Crippen molar-refractivity contribution in [3.8, 4) is 11.5 Å². The lowest BCUT2D eigenvalue weighted by atomic mass is 9.97. The van der Waals surface area contributed by atoms with Crippen molar-refractivity contribution in [2.24, 2.45) is 0 Å². The Hall–Kier alpha value is -2.01. The van der Waals surface area contributed by atoms with Crippen LogP contribution in [-0.4, -0.2) is 33.2 Å². The highest BCUT2D eigenvalue weighted by atomic mass is 16.5. The number of carbonyl (C=O) groups is 1. The highest BCUT2D eigenvalue weighted by Crippen LogP contribution is 2.27. The minimum Gasteiger partial charge on any atom is -0.493 e. The van der Waals surface area contributed by atoms with Gasteiger partial charge in [0.15, 0.2) is 11.5 Å². The predicted molar refractivity (Wildman–Crippen MR) is 100 cm³/mol. The Morgan fingerprint density at radius 2 is 1.96 bits per heavy atom. The van der Waals surface area contributed by atoms with Crippen molar-refractivity contribution in [2.75, 3.05) is 27.3 Å². The summed E-state index contributed by atoms with van der Waals surface area (Å²) in [5.41, 5.74) is 2.56. The molecule has 1 aromatic rings. The second kappa shape index (κ2) is 10.8. The van der Waals surface area contributed by atoms with E-state index in [2.05, 4.69) is 16.7 Å². The molecular formula is C20H30N2O3. The first kappa shape index (κ1) is 19.3. The molecule has 1 amide bonds. The molecule has 2 rings (SSSR count). The van der Waals surface area contributed by atoms with Crippen LogP contribution in [0.5, 0.6) is 11.5 Å². The van der Waals surface area contributed by atoms with E-state index in [1.807, 2.05) is 18.2 Å². The number of ether oxygens (including phenoxy) is 2. The Morgan fingerprint density at radius 1 is 1.12 bits per heavy atom. The molecule has 1 aliphatic rings. The summed E-state index contributed by atoms with van der Waals surface area (Å²) in [7, 11) is 3.21. The van der Waals surface area contributed by atoms with E-state index in [4.69, 9.17) is 9.47 Å². The Labute approximate surface area is 150 Å². The van der Waals surface area contributed by atoms with Crippen molar-refractivity contribution in [2.45, 2.75) is 45.1 Å². The fourth-order valence-corrected chi connectivity index (χ4v) is 2.99. The molecular weight excluding hydrogens is 316 g/mol. The average molecular weight is 346 g/mol. The maximum Gasteiger partial charge on any atom is 0.221 e. The van der Waals surface area contributed by atoms with Crippen LogP contribution >= 0.6 is 0 Å². The molecule has 5 heteroatoms. The predicted octanol–water partition coefficient (Wildman–Crippen LogP) is 3.19. The third-order valence-corrected chi connectivity index (χ3v) is 4.47. The summed E-state index contributed by atoms with van der Waals surface area (Å²) in [6, 6.07) is 5.66. The quantitative estimate of drug-likeness (QED) is 0.505. The number of hydrogen-bond donors (Lipinski definition) is 2. The largest absolute Gasteiger partial charge is 0.493 e. The molecule has 25 heavy (non-hydrogen) atoms. The molecule has 2 N–H and O–H groups in total. The van der Waals surface area contributed by atoms with Crippen LogP contribution in [0.1, 0.15) is 44.1 Å². The molecule has 0 aromatic heterocycles. The average Bonchev–Trinajstić information content (AvgIpc) is 2.66. The van der Waals surface area contributed by atoms with E-state index in [1.165, 1.54) is 25.7 Å². The Morgan fingerprint density at radius 3 is 2.68 bits per heavy atom. The van der Waals surface area contributed by atoms with Crippen molar-refractivity contribution in [1.29, 1.82) is 0 Å². The van der Waals surface area contributed by atoms with Crippen molar-refractivity contribution in [3.05, 3.63) is 35.4 Å². The molecule has 0 spiro atoms. The van der Waals surface area contributed by atoms with Gasteiger partial charge < -0.3 is 20.1 Å². The fourth-order valence-electron chi connectivity index (χ4n) is 2.99. The number of allylic oxidation sites excluding steroid dienone is 1. The molecule has 0 unspecified atom stereocenters. The van der Waals surface area contributed by atoms with Gasteiger partial charge in [-0.25, -0.2) is 0 Å². The summed E-state index contributed by atoms with van der Waals surface area (Å²) >= 11 is 0. The standard InChI is InChI=1S/C20H30N2O3/c1-24-18-9-8-17(14-19(18)25-2)15-22-20(23)11-13-21-12-10-16-6-4-3-5-7-16/h6,8-9,14,21H,3-5,7,10-13,15H2,1-2H3,(H,22,23). The maximum atomic E-state index is 11.9. The SMILES string of the molecule is COc1ccc(CNC(=O)CCNCCC2=CCCCC2)cc1OC. The molecule has 0 atom stereocenters. The molecule has 5 nitrogen and oxygen atoms in total. The molecule has 1 aromatic carbocycles. The van der Waals surface area contributed by atoms with Crippen LogP contribution in [-0.2, 0) is 11.3 Å². The van der Waals surface area contributed by atoms with Crippen molar-refractivity contribution in [1.82, 2.24) is 10.6 Å². The lowest BCUT2D eigenvalue weighted by Crippen LogP contribution is -2.27.